The van der Waals surface area contributed by atoms with E-state index in [-0.39, 0.29) is 11.1 Å². The molecule has 2 aromatic rings. The highest BCUT2D eigenvalue weighted by Gasteiger charge is 2.25. The van der Waals surface area contributed by atoms with Crippen molar-refractivity contribution < 1.29 is 14.3 Å². The van der Waals surface area contributed by atoms with Gasteiger partial charge in [0.25, 0.3) is 11.8 Å². The molecule has 2 amide bonds. The van der Waals surface area contributed by atoms with Gasteiger partial charge in [0.1, 0.15) is 0 Å². The molecule has 0 spiro atoms. The first kappa shape index (κ1) is 20.7. The first-order chi connectivity index (χ1) is 13.4. The number of thioether (sulfide) groups is 1. The summed E-state index contributed by atoms with van der Waals surface area (Å²) in [6.45, 7) is 2.26. The van der Waals surface area contributed by atoms with Crippen LogP contribution >= 0.6 is 46.6 Å². The number of amides is 2. The number of aliphatic imine (C=N–C) groups is 1. The Labute approximate surface area is 180 Å². The highest BCUT2D eigenvalue weighted by atomic mass is 35.5. The average Bonchev–Trinajstić information content (AvgIpc) is 2.97. The Bertz CT molecular complexity index is 981. The van der Waals surface area contributed by atoms with Crippen molar-refractivity contribution in [1.29, 1.82) is 0 Å². The van der Waals surface area contributed by atoms with Crippen molar-refractivity contribution in [3.63, 3.8) is 0 Å². The van der Waals surface area contributed by atoms with Crippen molar-refractivity contribution in [3.05, 3.63) is 67.5 Å². The minimum Gasteiger partial charge on any atom is -0.491 e. The molecular formula is C19H13Cl3N2O3S. The average molecular weight is 456 g/mol. The van der Waals surface area contributed by atoms with E-state index in [1.807, 2.05) is 6.92 Å². The number of nitrogens with zero attached hydrogens (tertiary/aromatic N) is 1. The van der Waals surface area contributed by atoms with Gasteiger partial charge in [0, 0.05) is 10.6 Å². The zero-order chi connectivity index (χ0) is 20.3. The molecular weight excluding hydrogens is 443 g/mol. The van der Waals surface area contributed by atoms with Gasteiger partial charge in [0.2, 0.25) is 0 Å². The van der Waals surface area contributed by atoms with Gasteiger partial charge in [-0.25, -0.2) is 0 Å². The summed E-state index contributed by atoms with van der Waals surface area (Å²) < 4.78 is 5.39. The van der Waals surface area contributed by atoms with Gasteiger partial charge in [-0.05, 0) is 66.7 Å². The number of ether oxygens (including phenoxy) is 1. The molecule has 0 saturated carbocycles. The molecule has 2 aromatic carbocycles. The van der Waals surface area contributed by atoms with Gasteiger partial charge in [0.15, 0.2) is 10.9 Å². The van der Waals surface area contributed by atoms with E-state index in [1.54, 1.807) is 42.5 Å². The van der Waals surface area contributed by atoms with Gasteiger partial charge < -0.3 is 10.1 Å². The summed E-state index contributed by atoms with van der Waals surface area (Å²) in [6, 6.07) is 9.62. The molecule has 28 heavy (non-hydrogen) atoms. The maximum Gasteiger partial charge on any atom is 0.279 e. The van der Waals surface area contributed by atoms with Crippen molar-refractivity contribution in [2.75, 3.05) is 6.61 Å². The largest absolute Gasteiger partial charge is 0.491 e. The van der Waals surface area contributed by atoms with Gasteiger partial charge in [-0.1, -0.05) is 34.8 Å². The molecule has 0 bridgehead atoms. The fourth-order valence-electron chi connectivity index (χ4n) is 2.33. The molecule has 1 saturated heterocycles. The SMILES string of the molecule is CCOc1c(Cl)cc(/C=C2\SC(=NC(=O)c3ccc(Cl)cc3)NC2=O)cc1Cl. The van der Waals surface area contributed by atoms with Crippen LogP contribution in [0, 0.1) is 0 Å². The molecule has 0 radical (unpaired) electrons. The second-order valence-corrected chi connectivity index (χ2v) is 7.82. The zero-order valence-electron chi connectivity index (χ0n) is 14.5. The number of hydrogen-bond acceptors (Lipinski definition) is 4. The van der Waals surface area contributed by atoms with Crippen LogP contribution in [0.15, 0.2) is 46.3 Å². The van der Waals surface area contributed by atoms with Crippen molar-refractivity contribution >= 4 is 69.6 Å². The number of carbonyl (C=O) groups is 2. The molecule has 1 heterocycles. The monoisotopic (exact) mass is 454 g/mol. The Balaban J connectivity index is 1.80. The zero-order valence-corrected chi connectivity index (χ0v) is 17.5. The highest BCUT2D eigenvalue weighted by molar-refractivity contribution is 8.18. The fraction of sp³-hybridized carbons (Fsp3) is 0.105. The third-order valence-corrected chi connectivity index (χ3v) is 5.28. The quantitative estimate of drug-likeness (QED) is 0.623. The maximum atomic E-state index is 12.2. The van der Waals surface area contributed by atoms with Crippen LogP contribution < -0.4 is 10.1 Å². The smallest absolute Gasteiger partial charge is 0.279 e. The van der Waals surface area contributed by atoms with Crippen LogP contribution in [0.1, 0.15) is 22.8 Å². The third kappa shape index (κ3) is 4.89. The lowest BCUT2D eigenvalue weighted by Crippen LogP contribution is -2.20. The van der Waals surface area contributed by atoms with Crippen LogP contribution in [0.3, 0.4) is 0 Å². The van der Waals surface area contributed by atoms with Crippen molar-refractivity contribution in [2.24, 2.45) is 4.99 Å². The molecule has 3 rings (SSSR count). The van der Waals surface area contributed by atoms with Crippen LogP contribution in [-0.4, -0.2) is 23.6 Å². The molecule has 1 fully saturated rings. The lowest BCUT2D eigenvalue weighted by Gasteiger charge is -2.08. The summed E-state index contributed by atoms with van der Waals surface area (Å²) in [5, 5.41) is 3.97. The number of halogens is 3. The molecule has 1 aliphatic rings. The van der Waals surface area contributed by atoms with Crippen LogP contribution in [0.4, 0.5) is 0 Å². The second-order valence-electron chi connectivity index (χ2n) is 5.54. The number of rotatable bonds is 4. The molecule has 144 valence electrons. The predicted octanol–water partition coefficient (Wildman–Crippen LogP) is 5.45. The second kappa shape index (κ2) is 9.01. The van der Waals surface area contributed by atoms with Gasteiger partial charge >= 0.3 is 0 Å². The Hall–Kier alpha value is -1.99. The minimum absolute atomic E-state index is 0.194. The number of nitrogens with one attached hydrogen (secondary N) is 1. The molecule has 9 heteroatoms. The standard InChI is InChI=1S/C19H13Cl3N2O3S/c1-2-27-16-13(21)7-10(8-14(16)22)9-15-18(26)24-19(28-15)23-17(25)11-3-5-12(20)6-4-11/h3-9H,2H2,1H3,(H,23,24,25,26)/b15-9-. The van der Waals surface area contributed by atoms with E-state index in [0.717, 1.165) is 11.8 Å². The molecule has 0 aromatic heterocycles. The molecule has 0 atom stereocenters. The first-order valence-electron chi connectivity index (χ1n) is 8.08. The van der Waals surface area contributed by atoms with Gasteiger partial charge in [-0.3, -0.25) is 9.59 Å². The Morgan fingerprint density at radius 1 is 1.18 bits per heavy atom. The van der Waals surface area contributed by atoms with E-state index in [1.165, 1.54) is 0 Å². The van der Waals surface area contributed by atoms with Crippen LogP contribution in [0.5, 0.6) is 5.75 Å². The lowest BCUT2D eigenvalue weighted by molar-refractivity contribution is -0.115. The molecule has 0 aliphatic carbocycles. The van der Waals surface area contributed by atoms with Crippen molar-refractivity contribution in [3.8, 4) is 5.75 Å². The van der Waals surface area contributed by atoms with Gasteiger partial charge in [-0.15, -0.1) is 0 Å². The van der Waals surface area contributed by atoms with Gasteiger partial charge in [0.05, 0.1) is 21.6 Å². The topological polar surface area (TPSA) is 67.8 Å². The Morgan fingerprint density at radius 2 is 1.82 bits per heavy atom. The van der Waals surface area contributed by atoms with Crippen molar-refractivity contribution in [2.45, 2.75) is 6.92 Å². The number of amidine groups is 1. The van der Waals surface area contributed by atoms with Crippen LogP contribution in [-0.2, 0) is 4.79 Å². The molecule has 1 aliphatic heterocycles. The normalized spacial score (nSPS) is 16.5. The Morgan fingerprint density at radius 3 is 2.43 bits per heavy atom. The summed E-state index contributed by atoms with van der Waals surface area (Å²) in [4.78, 5) is 28.7. The maximum absolute atomic E-state index is 12.2. The number of carbonyl (C=O) groups excluding carboxylic acids is 2. The van der Waals surface area contributed by atoms with Gasteiger partial charge in [-0.2, -0.15) is 4.99 Å². The van der Waals surface area contributed by atoms with Crippen molar-refractivity contribution in [1.82, 2.24) is 5.32 Å². The molecule has 1 N–H and O–H groups in total. The van der Waals surface area contributed by atoms with E-state index >= 15 is 0 Å². The summed E-state index contributed by atoms with van der Waals surface area (Å²) in [5.41, 5.74) is 0.996. The summed E-state index contributed by atoms with van der Waals surface area (Å²) >= 11 is 19.2. The van der Waals surface area contributed by atoms with E-state index in [2.05, 4.69) is 10.3 Å². The fourth-order valence-corrected chi connectivity index (χ4v) is 3.88. The van der Waals surface area contributed by atoms with E-state index in [0.29, 0.717) is 43.5 Å². The summed E-state index contributed by atoms with van der Waals surface area (Å²) in [5.74, 6) is -0.450. The van der Waals surface area contributed by atoms with E-state index in [9.17, 15) is 9.59 Å². The highest BCUT2D eigenvalue weighted by Crippen LogP contribution is 2.36. The van der Waals surface area contributed by atoms with E-state index in [4.69, 9.17) is 39.5 Å². The number of benzene rings is 2. The van der Waals surface area contributed by atoms with E-state index < -0.39 is 5.91 Å². The summed E-state index contributed by atoms with van der Waals surface area (Å²) in [7, 11) is 0. The van der Waals surface area contributed by atoms with Crippen LogP contribution in [0.25, 0.3) is 6.08 Å². The Kier molecular flexibility index (Phi) is 6.67. The lowest BCUT2D eigenvalue weighted by atomic mass is 10.2. The predicted molar refractivity (Wildman–Crippen MR) is 115 cm³/mol. The molecule has 5 nitrogen and oxygen atoms in total. The third-order valence-electron chi connectivity index (χ3n) is 3.55. The number of hydrogen-bond donors (Lipinski definition) is 1. The summed E-state index contributed by atoms with van der Waals surface area (Å²) in [6.07, 6.45) is 1.61. The minimum atomic E-state index is -0.479. The molecule has 0 unspecified atom stereocenters. The first-order valence-corrected chi connectivity index (χ1v) is 10.0. The van der Waals surface area contributed by atoms with Crippen LogP contribution in [0.2, 0.25) is 15.1 Å².